The minimum absolute atomic E-state index is 0.0460. The van der Waals surface area contributed by atoms with Gasteiger partial charge in [-0.15, -0.1) is 0 Å². The van der Waals surface area contributed by atoms with Crippen molar-refractivity contribution in [1.82, 2.24) is 0 Å². The minimum atomic E-state index is -0.444. The molecule has 0 atom stereocenters. The number of halogens is 2. The molecule has 0 saturated carbocycles. The molecule has 0 radical (unpaired) electrons. The van der Waals surface area contributed by atoms with Crippen LogP contribution in [0, 0.1) is 10.1 Å². The van der Waals surface area contributed by atoms with Crippen molar-refractivity contribution < 1.29 is 4.92 Å². The van der Waals surface area contributed by atoms with Gasteiger partial charge in [-0.25, -0.2) is 0 Å². The third-order valence-electron chi connectivity index (χ3n) is 2.23. The summed E-state index contributed by atoms with van der Waals surface area (Å²) in [4.78, 5) is 10.1. The Labute approximate surface area is 113 Å². The number of nitro groups is 1. The van der Waals surface area contributed by atoms with E-state index < -0.39 is 4.92 Å². The molecule has 0 unspecified atom stereocenters. The molecule has 0 spiro atoms. The lowest BCUT2D eigenvalue weighted by atomic mass is 10.2. The molecule has 2 aromatic carbocycles. The molecule has 0 amide bonds. The van der Waals surface area contributed by atoms with Gasteiger partial charge in [0, 0.05) is 33.6 Å². The smallest absolute Gasteiger partial charge is 0.269 e. The second-order valence-corrected chi connectivity index (χ2v) is 4.46. The highest BCUT2D eigenvalue weighted by Crippen LogP contribution is 2.26. The number of nitrogens with zero attached hydrogens (tertiary/aromatic N) is 1. The predicted molar refractivity (Wildman–Crippen MR) is 72.8 cm³/mol. The lowest BCUT2D eigenvalue weighted by Crippen LogP contribution is -1.92. The number of rotatable bonds is 3. The zero-order valence-corrected chi connectivity index (χ0v) is 10.6. The summed E-state index contributed by atoms with van der Waals surface area (Å²) < 4.78 is 0. The molecular formula is C12H8Cl2N2O2. The molecule has 4 nitrogen and oxygen atoms in total. The van der Waals surface area contributed by atoms with Gasteiger partial charge in [-0.1, -0.05) is 23.2 Å². The average Bonchev–Trinajstić information content (AvgIpc) is 2.28. The van der Waals surface area contributed by atoms with Gasteiger partial charge in [0.15, 0.2) is 0 Å². The molecular weight excluding hydrogens is 275 g/mol. The van der Waals surface area contributed by atoms with Crippen LogP contribution in [-0.4, -0.2) is 4.92 Å². The number of anilines is 2. The Morgan fingerprint density at radius 3 is 2.00 bits per heavy atom. The number of nitrogens with one attached hydrogen (secondary N) is 1. The van der Waals surface area contributed by atoms with Crippen LogP contribution in [0.4, 0.5) is 17.1 Å². The maximum Gasteiger partial charge on any atom is 0.269 e. The molecule has 0 heterocycles. The highest BCUT2D eigenvalue weighted by atomic mass is 35.5. The highest BCUT2D eigenvalue weighted by molar-refractivity contribution is 6.35. The Morgan fingerprint density at radius 2 is 1.50 bits per heavy atom. The van der Waals surface area contributed by atoms with E-state index in [1.807, 2.05) is 0 Å². The lowest BCUT2D eigenvalue weighted by Gasteiger charge is -2.07. The lowest BCUT2D eigenvalue weighted by molar-refractivity contribution is -0.384. The molecule has 2 aromatic rings. The van der Waals surface area contributed by atoms with Crippen molar-refractivity contribution >= 4 is 40.3 Å². The van der Waals surface area contributed by atoms with Gasteiger partial charge in [0.25, 0.3) is 5.69 Å². The molecule has 0 bridgehead atoms. The van der Waals surface area contributed by atoms with Crippen LogP contribution in [0.3, 0.4) is 0 Å². The third kappa shape index (κ3) is 3.12. The Kier molecular flexibility index (Phi) is 3.69. The topological polar surface area (TPSA) is 55.2 Å². The fourth-order valence-electron chi connectivity index (χ4n) is 1.46. The first-order chi connectivity index (χ1) is 8.54. The van der Waals surface area contributed by atoms with E-state index in [9.17, 15) is 10.1 Å². The van der Waals surface area contributed by atoms with Gasteiger partial charge >= 0.3 is 0 Å². The number of non-ortho nitro benzene ring substituents is 1. The van der Waals surface area contributed by atoms with Crippen molar-refractivity contribution in [2.45, 2.75) is 0 Å². The number of hydrogen-bond acceptors (Lipinski definition) is 3. The van der Waals surface area contributed by atoms with E-state index in [2.05, 4.69) is 5.32 Å². The van der Waals surface area contributed by atoms with Crippen LogP contribution in [0.2, 0.25) is 10.0 Å². The summed E-state index contributed by atoms with van der Waals surface area (Å²) in [6.45, 7) is 0. The van der Waals surface area contributed by atoms with Gasteiger partial charge < -0.3 is 5.32 Å². The van der Waals surface area contributed by atoms with Crippen LogP contribution in [0.1, 0.15) is 0 Å². The SMILES string of the molecule is O=[N+]([O-])c1ccc(Nc2cc(Cl)cc(Cl)c2)cc1. The Balaban J connectivity index is 2.20. The molecule has 0 aliphatic rings. The Bertz CT molecular complexity index is 565. The maximum absolute atomic E-state index is 10.5. The van der Waals surface area contributed by atoms with E-state index in [-0.39, 0.29) is 5.69 Å². The Hall–Kier alpha value is -1.78. The number of benzene rings is 2. The first-order valence-corrected chi connectivity index (χ1v) is 5.78. The van der Waals surface area contributed by atoms with Gasteiger partial charge in [0.2, 0.25) is 0 Å². The molecule has 0 saturated heterocycles. The highest BCUT2D eigenvalue weighted by Gasteiger charge is 2.04. The van der Waals surface area contributed by atoms with Gasteiger partial charge in [0.05, 0.1) is 4.92 Å². The summed E-state index contributed by atoms with van der Waals surface area (Å²) in [7, 11) is 0. The second kappa shape index (κ2) is 5.25. The van der Waals surface area contributed by atoms with Gasteiger partial charge in [-0.3, -0.25) is 10.1 Å². The molecule has 6 heteroatoms. The fraction of sp³-hybridized carbons (Fsp3) is 0. The monoisotopic (exact) mass is 282 g/mol. The van der Waals surface area contributed by atoms with Crippen molar-refractivity contribution in [2.24, 2.45) is 0 Å². The van der Waals surface area contributed by atoms with Crippen molar-refractivity contribution in [3.8, 4) is 0 Å². The first-order valence-electron chi connectivity index (χ1n) is 5.02. The Morgan fingerprint density at radius 1 is 0.944 bits per heavy atom. The van der Waals surface area contributed by atoms with Gasteiger partial charge in [0.1, 0.15) is 0 Å². The first kappa shape index (κ1) is 12.7. The quantitative estimate of drug-likeness (QED) is 0.659. The summed E-state index contributed by atoms with van der Waals surface area (Å²) in [6, 6.07) is 11.1. The molecule has 1 N–H and O–H groups in total. The van der Waals surface area contributed by atoms with E-state index in [1.54, 1.807) is 30.3 Å². The maximum atomic E-state index is 10.5. The summed E-state index contributed by atoms with van der Waals surface area (Å²) >= 11 is 11.7. The molecule has 0 aliphatic carbocycles. The fourth-order valence-corrected chi connectivity index (χ4v) is 1.99. The average molecular weight is 283 g/mol. The summed E-state index contributed by atoms with van der Waals surface area (Å²) in [5.74, 6) is 0. The predicted octanol–water partition coefficient (Wildman–Crippen LogP) is 4.65. The number of hydrogen-bond donors (Lipinski definition) is 1. The van der Waals surface area contributed by atoms with Crippen molar-refractivity contribution in [3.05, 3.63) is 62.6 Å². The van der Waals surface area contributed by atoms with E-state index >= 15 is 0 Å². The van der Waals surface area contributed by atoms with Crippen molar-refractivity contribution in [1.29, 1.82) is 0 Å². The number of nitro benzene ring substituents is 1. The summed E-state index contributed by atoms with van der Waals surface area (Å²) in [5.41, 5.74) is 1.49. The molecule has 0 aliphatic heterocycles. The van der Waals surface area contributed by atoms with E-state index in [0.717, 1.165) is 11.4 Å². The summed E-state index contributed by atoms with van der Waals surface area (Å²) in [5, 5.41) is 14.6. The molecule has 0 fully saturated rings. The summed E-state index contributed by atoms with van der Waals surface area (Å²) in [6.07, 6.45) is 0. The van der Waals surface area contributed by atoms with Crippen molar-refractivity contribution in [2.75, 3.05) is 5.32 Å². The van der Waals surface area contributed by atoms with Crippen molar-refractivity contribution in [3.63, 3.8) is 0 Å². The van der Waals surface area contributed by atoms with E-state index in [1.165, 1.54) is 12.1 Å². The van der Waals surface area contributed by atoms with E-state index in [0.29, 0.717) is 10.0 Å². The zero-order valence-electron chi connectivity index (χ0n) is 9.06. The van der Waals surface area contributed by atoms with Crippen LogP contribution < -0.4 is 5.32 Å². The molecule has 2 rings (SSSR count). The van der Waals surface area contributed by atoms with Gasteiger partial charge in [-0.2, -0.15) is 0 Å². The van der Waals surface area contributed by atoms with Crippen LogP contribution >= 0.6 is 23.2 Å². The van der Waals surface area contributed by atoms with Crippen LogP contribution in [0.5, 0.6) is 0 Å². The normalized spacial score (nSPS) is 10.1. The standard InChI is InChI=1S/C12H8Cl2N2O2/c13-8-5-9(14)7-11(6-8)15-10-1-3-12(4-2-10)16(17)18/h1-7,15H. The zero-order chi connectivity index (χ0) is 13.1. The van der Waals surface area contributed by atoms with Crippen LogP contribution in [0.15, 0.2) is 42.5 Å². The third-order valence-corrected chi connectivity index (χ3v) is 2.67. The van der Waals surface area contributed by atoms with Crippen LogP contribution in [0.25, 0.3) is 0 Å². The van der Waals surface area contributed by atoms with Crippen LogP contribution in [-0.2, 0) is 0 Å². The molecule has 18 heavy (non-hydrogen) atoms. The largest absolute Gasteiger partial charge is 0.355 e. The van der Waals surface area contributed by atoms with E-state index in [4.69, 9.17) is 23.2 Å². The second-order valence-electron chi connectivity index (χ2n) is 3.59. The minimum Gasteiger partial charge on any atom is -0.355 e. The molecule has 0 aromatic heterocycles. The van der Waals surface area contributed by atoms with Gasteiger partial charge in [-0.05, 0) is 30.3 Å². The molecule has 92 valence electrons.